The third-order valence-corrected chi connectivity index (χ3v) is 3.69. The van der Waals surface area contributed by atoms with Crippen LogP contribution in [0, 0.1) is 5.82 Å². The molecule has 138 valence electrons. The number of amides is 2. The number of carbonyl (C=O) groups is 2. The Bertz CT molecular complexity index is 951. The van der Waals surface area contributed by atoms with Crippen LogP contribution in [0.2, 0.25) is 0 Å². The second-order valence-electron chi connectivity index (χ2n) is 5.51. The van der Waals surface area contributed by atoms with Crippen LogP contribution in [-0.2, 0) is 0 Å². The molecule has 0 unspecified atom stereocenters. The van der Waals surface area contributed by atoms with Crippen molar-refractivity contribution in [3.63, 3.8) is 0 Å². The van der Waals surface area contributed by atoms with Crippen molar-refractivity contribution in [2.24, 2.45) is 0 Å². The summed E-state index contributed by atoms with van der Waals surface area (Å²) in [5.74, 6) is -0.794. The van der Waals surface area contributed by atoms with Crippen LogP contribution in [0.3, 0.4) is 0 Å². The van der Waals surface area contributed by atoms with E-state index in [0.29, 0.717) is 17.9 Å². The van der Waals surface area contributed by atoms with Gasteiger partial charge in [0.2, 0.25) is 0 Å². The first-order chi connectivity index (χ1) is 13.1. The largest absolute Gasteiger partial charge is 0.494 e. The van der Waals surface area contributed by atoms with E-state index in [2.05, 4.69) is 10.9 Å². The van der Waals surface area contributed by atoms with Gasteiger partial charge in [0.15, 0.2) is 5.76 Å². The normalized spacial score (nSPS) is 10.3. The number of hydrazine groups is 1. The molecule has 1 aromatic heterocycles. The average molecular weight is 368 g/mol. The van der Waals surface area contributed by atoms with E-state index < -0.39 is 17.6 Å². The standard InChI is InChI=1S/C20H17FN2O4/c1-2-26-14-9-7-13(8-10-14)19(24)22-23-20(25)18-12-11-17(27-18)15-5-3-4-6-16(15)21/h3-12H,2H2,1H3,(H,22,24)(H,23,25). The zero-order valence-corrected chi connectivity index (χ0v) is 14.5. The highest BCUT2D eigenvalue weighted by molar-refractivity contribution is 5.98. The highest BCUT2D eigenvalue weighted by Gasteiger charge is 2.15. The molecule has 2 aromatic carbocycles. The van der Waals surface area contributed by atoms with Crippen LogP contribution in [-0.4, -0.2) is 18.4 Å². The summed E-state index contributed by atoms with van der Waals surface area (Å²) in [4.78, 5) is 24.2. The van der Waals surface area contributed by atoms with Crippen molar-refractivity contribution in [3.8, 4) is 17.1 Å². The summed E-state index contributed by atoms with van der Waals surface area (Å²) in [6.07, 6.45) is 0. The Hall–Kier alpha value is -3.61. The second-order valence-corrected chi connectivity index (χ2v) is 5.51. The predicted octanol–water partition coefficient (Wildman–Crippen LogP) is 3.56. The van der Waals surface area contributed by atoms with Gasteiger partial charge in [-0.05, 0) is 55.5 Å². The summed E-state index contributed by atoms with van der Waals surface area (Å²) in [6.45, 7) is 2.39. The molecule has 0 spiro atoms. The minimum atomic E-state index is -0.656. The van der Waals surface area contributed by atoms with Crippen molar-refractivity contribution in [1.82, 2.24) is 10.9 Å². The molecule has 0 aliphatic rings. The van der Waals surface area contributed by atoms with Crippen molar-refractivity contribution >= 4 is 11.8 Å². The van der Waals surface area contributed by atoms with Crippen molar-refractivity contribution in [2.75, 3.05) is 6.61 Å². The molecule has 2 amide bonds. The quantitative estimate of drug-likeness (QED) is 0.675. The summed E-state index contributed by atoms with van der Waals surface area (Å²) in [7, 11) is 0. The third-order valence-electron chi connectivity index (χ3n) is 3.69. The van der Waals surface area contributed by atoms with E-state index in [1.165, 1.54) is 18.2 Å². The molecule has 7 heteroatoms. The topological polar surface area (TPSA) is 80.6 Å². The fraction of sp³-hybridized carbons (Fsp3) is 0.100. The maximum Gasteiger partial charge on any atom is 0.305 e. The number of nitrogens with one attached hydrogen (secondary N) is 2. The number of furan rings is 1. The molecule has 27 heavy (non-hydrogen) atoms. The maximum absolute atomic E-state index is 13.8. The Morgan fingerprint density at radius 3 is 2.37 bits per heavy atom. The number of carbonyl (C=O) groups excluding carboxylic acids is 2. The number of halogens is 1. The van der Waals surface area contributed by atoms with Crippen LogP contribution < -0.4 is 15.6 Å². The van der Waals surface area contributed by atoms with Gasteiger partial charge in [-0.15, -0.1) is 0 Å². The zero-order valence-electron chi connectivity index (χ0n) is 14.5. The van der Waals surface area contributed by atoms with E-state index >= 15 is 0 Å². The lowest BCUT2D eigenvalue weighted by Gasteiger charge is -2.07. The Labute approximate surface area is 154 Å². The zero-order chi connectivity index (χ0) is 19.2. The molecule has 0 fully saturated rings. The van der Waals surface area contributed by atoms with Crippen molar-refractivity contribution in [3.05, 3.63) is 77.8 Å². The molecule has 1 heterocycles. The van der Waals surface area contributed by atoms with Gasteiger partial charge in [-0.3, -0.25) is 20.4 Å². The number of rotatable bonds is 5. The van der Waals surface area contributed by atoms with Gasteiger partial charge in [0.05, 0.1) is 12.2 Å². The van der Waals surface area contributed by atoms with Crippen molar-refractivity contribution < 1.29 is 23.1 Å². The van der Waals surface area contributed by atoms with Crippen LogP contribution in [0.15, 0.2) is 65.1 Å². The first kappa shape index (κ1) is 18.2. The molecule has 0 radical (unpaired) electrons. The molecule has 2 N–H and O–H groups in total. The van der Waals surface area contributed by atoms with E-state index in [4.69, 9.17) is 9.15 Å². The highest BCUT2D eigenvalue weighted by atomic mass is 19.1. The smallest absolute Gasteiger partial charge is 0.305 e. The SMILES string of the molecule is CCOc1ccc(C(=O)NNC(=O)c2ccc(-c3ccccc3F)o2)cc1. The Kier molecular flexibility index (Phi) is 5.51. The third kappa shape index (κ3) is 4.33. The summed E-state index contributed by atoms with van der Waals surface area (Å²) in [5, 5.41) is 0. The molecule has 0 saturated carbocycles. The average Bonchev–Trinajstić information content (AvgIpc) is 3.17. The lowest BCUT2D eigenvalue weighted by atomic mass is 10.1. The lowest BCUT2D eigenvalue weighted by molar-refractivity contribution is 0.0831. The number of ether oxygens (including phenoxy) is 1. The highest BCUT2D eigenvalue weighted by Crippen LogP contribution is 2.24. The van der Waals surface area contributed by atoms with Gasteiger partial charge < -0.3 is 9.15 Å². The molecular formula is C20H17FN2O4. The predicted molar refractivity (Wildman–Crippen MR) is 96.6 cm³/mol. The number of benzene rings is 2. The molecule has 0 aliphatic heterocycles. The summed E-state index contributed by atoms with van der Waals surface area (Å²) >= 11 is 0. The van der Waals surface area contributed by atoms with Crippen LogP contribution in [0.5, 0.6) is 5.75 Å². The summed E-state index contributed by atoms with van der Waals surface area (Å²) in [5.41, 5.74) is 5.15. The van der Waals surface area contributed by atoms with E-state index in [1.54, 1.807) is 42.5 Å². The van der Waals surface area contributed by atoms with E-state index in [0.717, 1.165) is 0 Å². The van der Waals surface area contributed by atoms with Crippen LogP contribution in [0.1, 0.15) is 27.8 Å². The van der Waals surface area contributed by atoms with Gasteiger partial charge in [0.25, 0.3) is 5.91 Å². The maximum atomic E-state index is 13.8. The Morgan fingerprint density at radius 2 is 1.67 bits per heavy atom. The van der Waals surface area contributed by atoms with Crippen molar-refractivity contribution in [1.29, 1.82) is 0 Å². The van der Waals surface area contributed by atoms with Crippen molar-refractivity contribution in [2.45, 2.75) is 6.92 Å². The summed E-state index contributed by atoms with van der Waals surface area (Å²) in [6, 6.07) is 15.4. The number of hydrogen-bond donors (Lipinski definition) is 2. The molecule has 0 atom stereocenters. The fourth-order valence-electron chi connectivity index (χ4n) is 2.38. The molecule has 0 saturated heterocycles. The minimum Gasteiger partial charge on any atom is -0.494 e. The molecule has 0 bridgehead atoms. The van der Waals surface area contributed by atoms with Gasteiger partial charge in [0, 0.05) is 5.56 Å². The monoisotopic (exact) mass is 368 g/mol. The van der Waals surface area contributed by atoms with Gasteiger partial charge in [-0.1, -0.05) is 12.1 Å². The van der Waals surface area contributed by atoms with Crippen LogP contribution in [0.25, 0.3) is 11.3 Å². The van der Waals surface area contributed by atoms with E-state index in [9.17, 15) is 14.0 Å². The van der Waals surface area contributed by atoms with Gasteiger partial charge in [-0.2, -0.15) is 0 Å². The fourth-order valence-corrected chi connectivity index (χ4v) is 2.38. The first-order valence-corrected chi connectivity index (χ1v) is 8.26. The molecule has 6 nitrogen and oxygen atoms in total. The second kappa shape index (κ2) is 8.18. The molecule has 3 rings (SSSR count). The Morgan fingerprint density at radius 1 is 0.963 bits per heavy atom. The van der Waals surface area contributed by atoms with Crippen LogP contribution >= 0.6 is 0 Å². The Balaban J connectivity index is 1.61. The molecule has 0 aliphatic carbocycles. The minimum absolute atomic E-state index is 0.0553. The van der Waals surface area contributed by atoms with E-state index in [1.807, 2.05) is 6.92 Å². The molecular weight excluding hydrogens is 351 g/mol. The van der Waals surface area contributed by atoms with Gasteiger partial charge in [0.1, 0.15) is 17.3 Å². The van der Waals surface area contributed by atoms with Crippen LogP contribution in [0.4, 0.5) is 4.39 Å². The summed E-state index contributed by atoms with van der Waals surface area (Å²) < 4.78 is 24.5. The molecule has 3 aromatic rings. The van der Waals surface area contributed by atoms with E-state index in [-0.39, 0.29) is 17.1 Å². The van der Waals surface area contributed by atoms with Gasteiger partial charge >= 0.3 is 5.91 Å². The lowest BCUT2D eigenvalue weighted by Crippen LogP contribution is -2.41. The number of hydrogen-bond acceptors (Lipinski definition) is 4. The first-order valence-electron chi connectivity index (χ1n) is 8.26. The van der Waals surface area contributed by atoms with Gasteiger partial charge in [-0.25, -0.2) is 4.39 Å².